The Morgan fingerprint density at radius 3 is 2.19 bits per heavy atom. The van der Waals surface area contributed by atoms with Gasteiger partial charge in [-0.15, -0.1) is 0 Å². The van der Waals surface area contributed by atoms with Crippen LogP contribution in [-0.2, 0) is 9.53 Å². The van der Waals surface area contributed by atoms with Gasteiger partial charge in [0.15, 0.2) is 0 Å². The number of hydrogen-bond acceptors (Lipinski definition) is 5. The molecular weight excluding hydrogens is 270 g/mol. The summed E-state index contributed by atoms with van der Waals surface area (Å²) >= 11 is 0. The number of hydrogen-bond donors (Lipinski definition) is 1. The Hall–Kier alpha value is -1.75. The van der Waals surface area contributed by atoms with Crippen LogP contribution >= 0.6 is 0 Å². The van der Waals surface area contributed by atoms with Gasteiger partial charge >= 0.3 is 5.97 Å². The van der Waals surface area contributed by atoms with E-state index in [4.69, 9.17) is 19.9 Å². The van der Waals surface area contributed by atoms with E-state index in [1.807, 2.05) is 31.2 Å². The second kappa shape index (κ2) is 8.52. The van der Waals surface area contributed by atoms with Crippen LogP contribution < -0.4 is 15.2 Å². The van der Waals surface area contributed by atoms with Crippen molar-refractivity contribution in [1.82, 2.24) is 0 Å². The SMILES string of the molecule is CCOC(=O)C(C)(N)CCCOc1ccc(OCC)cc1. The molecule has 1 unspecified atom stereocenters. The molecule has 118 valence electrons. The Labute approximate surface area is 126 Å². The standard InChI is InChI=1S/C16H25NO4/c1-4-19-13-7-9-14(10-8-13)21-12-6-11-16(3,17)15(18)20-5-2/h7-10H,4-6,11-12,17H2,1-3H3. The van der Waals surface area contributed by atoms with E-state index in [0.29, 0.717) is 32.7 Å². The van der Waals surface area contributed by atoms with Crippen LogP contribution in [0.2, 0.25) is 0 Å². The van der Waals surface area contributed by atoms with Crippen LogP contribution in [0.3, 0.4) is 0 Å². The summed E-state index contributed by atoms with van der Waals surface area (Å²) < 4.78 is 15.9. The Balaban J connectivity index is 2.31. The predicted molar refractivity (Wildman–Crippen MR) is 81.6 cm³/mol. The van der Waals surface area contributed by atoms with Crippen molar-refractivity contribution in [3.05, 3.63) is 24.3 Å². The molecule has 0 aromatic heterocycles. The van der Waals surface area contributed by atoms with Crippen LogP contribution in [-0.4, -0.2) is 31.3 Å². The Kier molecular flexibility index (Phi) is 7.02. The molecule has 0 aliphatic rings. The Morgan fingerprint density at radius 1 is 1.10 bits per heavy atom. The summed E-state index contributed by atoms with van der Waals surface area (Å²) in [5, 5.41) is 0. The van der Waals surface area contributed by atoms with Crippen molar-refractivity contribution in [1.29, 1.82) is 0 Å². The molecule has 0 saturated heterocycles. The van der Waals surface area contributed by atoms with E-state index in [9.17, 15) is 4.79 Å². The number of carbonyl (C=O) groups is 1. The normalized spacial score (nSPS) is 13.3. The maximum Gasteiger partial charge on any atom is 0.325 e. The van der Waals surface area contributed by atoms with Crippen LogP contribution in [0.25, 0.3) is 0 Å². The highest BCUT2D eigenvalue weighted by molar-refractivity contribution is 5.79. The number of nitrogens with two attached hydrogens (primary N) is 1. The van der Waals surface area contributed by atoms with E-state index in [1.165, 1.54) is 0 Å². The predicted octanol–water partition coefficient (Wildman–Crippen LogP) is 2.52. The molecule has 0 aliphatic heterocycles. The molecule has 21 heavy (non-hydrogen) atoms. The third-order valence-corrected chi connectivity index (χ3v) is 2.99. The summed E-state index contributed by atoms with van der Waals surface area (Å²) in [6, 6.07) is 7.45. The molecule has 0 fully saturated rings. The summed E-state index contributed by atoms with van der Waals surface area (Å²) in [6.45, 7) is 6.88. The lowest BCUT2D eigenvalue weighted by atomic mass is 9.98. The first-order valence-electron chi connectivity index (χ1n) is 7.31. The average molecular weight is 295 g/mol. The van der Waals surface area contributed by atoms with Gasteiger partial charge in [-0.2, -0.15) is 0 Å². The highest BCUT2D eigenvalue weighted by Gasteiger charge is 2.29. The van der Waals surface area contributed by atoms with Gasteiger partial charge in [-0.3, -0.25) is 4.79 Å². The number of ether oxygens (including phenoxy) is 3. The lowest BCUT2D eigenvalue weighted by Crippen LogP contribution is -2.46. The third kappa shape index (κ3) is 6.04. The van der Waals surface area contributed by atoms with Gasteiger partial charge in [-0.05, 0) is 57.9 Å². The number of benzene rings is 1. The zero-order chi connectivity index (χ0) is 15.7. The lowest BCUT2D eigenvalue weighted by Gasteiger charge is -2.22. The van der Waals surface area contributed by atoms with Crippen molar-refractivity contribution in [2.75, 3.05) is 19.8 Å². The highest BCUT2D eigenvalue weighted by Crippen LogP contribution is 2.18. The molecular formula is C16H25NO4. The van der Waals surface area contributed by atoms with Crippen LogP contribution in [0, 0.1) is 0 Å². The fraction of sp³-hybridized carbons (Fsp3) is 0.562. The molecule has 0 bridgehead atoms. The summed E-state index contributed by atoms with van der Waals surface area (Å²) in [5.74, 6) is 1.22. The molecule has 0 radical (unpaired) electrons. The second-order valence-electron chi connectivity index (χ2n) is 4.99. The van der Waals surface area contributed by atoms with Crippen molar-refractivity contribution in [2.45, 2.75) is 39.2 Å². The second-order valence-corrected chi connectivity index (χ2v) is 4.99. The summed E-state index contributed by atoms with van der Waals surface area (Å²) in [5.41, 5.74) is 4.97. The molecule has 0 saturated carbocycles. The van der Waals surface area contributed by atoms with Crippen LogP contribution in [0.15, 0.2) is 24.3 Å². The maximum atomic E-state index is 11.6. The molecule has 1 aromatic rings. The van der Waals surface area contributed by atoms with Gasteiger partial charge in [0.25, 0.3) is 0 Å². The van der Waals surface area contributed by atoms with Gasteiger partial charge in [-0.1, -0.05) is 0 Å². The minimum absolute atomic E-state index is 0.342. The van der Waals surface area contributed by atoms with E-state index in [1.54, 1.807) is 13.8 Å². The van der Waals surface area contributed by atoms with Gasteiger partial charge in [0.1, 0.15) is 17.0 Å². The lowest BCUT2D eigenvalue weighted by molar-refractivity contribution is -0.149. The van der Waals surface area contributed by atoms with Gasteiger partial charge < -0.3 is 19.9 Å². The molecule has 1 atom stereocenters. The van der Waals surface area contributed by atoms with Gasteiger partial charge in [0.05, 0.1) is 19.8 Å². The zero-order valence-corrected chi connectivity index (χ0v) is 13.1. The molecule has 0 spiro atoms. The minimum atomic E-state index is -0.960. The van der Waals surface area contributed by atoms with Crippen LogP contribution in [0.4, 0.5) is 0 Å². The zero-order valence-electron chi connectivity index (χ0n) is 13.1. The fourth-order valence-electron chi connectivity index (χ4n) is 1.83. The average Bonchev–Trinajstić information content (AvgIpc) is 2.46. The van der Waals surface area contributed by atoms with E-state index >= 15 is 0 Å². The quantitative estimate of drug-likeness (QED) is 0.560. The number of rotatable bonds is 9. The van der Waals surface area contributed by atoms with Gasteiger partial charge in [-0.25, -0.2) is 0 Å². The molecule has 1 rings (SSSR count). The van der Waals surface area contributed by atoms with Crippen molar-refractivity contribution in [2.24, 2.45) is 5.73 Å². The van der Waals surface area contributed by atoms with E-state index in [2.05, 4.69) is 0 Å². The highest BCUT2D eigenvalue weighted by atomic mass is 16.5. The van der Waals surface area contributed by atoms with Crippen LogP contribution in [0.5, 0.6) is 11.5 Å². The van der Waals surface area contributed by atoms with Crippen molar-refractivity contribution in [3.63, 3.8) is 0 Å². The molecule has 5 heteroatoms. The first kappa shape index (κ1) is 17.3. The summed E-state index contributed by atoms with van der Waals surface area (Å²) in [4.78, 5) is 11.6. The first-order chi connectivity index (χ1) is 9.99. The monoisotopic (exact) mass is 295 g/mol. The topological polar surface area (TPSA) is 70.8 Å². The van der Waals surface area contributed by atoms with E-state index in [0.717, 1.165) is 11.5 Å². The Morgan fingerprint density at radius 2 is 1.67 bits per heavy atom. The number of carbonyl (C=O) groups excluding carboxylic acids is 1. The van der Waals surface area contributed by atoms with Crippen molar-refractivity contribution < 1.29 is 19.0 Å². The largest absolute Gasteiger partial charge is 0.494 e. The minimum Gasteiger partial charge on any atom is -0.494 e. The van der Waals surface area contributed by atoms with E-state index in [-0.39, 0.29) is 5.97 Å². The third-order valence-electron chi connectivity index (χ3n) is 2.99. The molecule has 0 aliphatic carbocycles. The van der Waals surface area contributed by atoms with Gasteiger partial charge in [0, 0.05) is 0 Å². The molecule has 0 amide bonds. The molecule has 2 N–H and O–H groups in total. The molecule has 0 heterocycles. The summed E-state index contributed by atoms with van der Waals surface area (Å²) in [6.07, 6.45) is 1.20. The van der Waals surface area contributed by atoms with Crippen molar-refractivity contribution >= 4 is 5.97 Å². The smallest absolute Gasteiger partial charge is 0.325 e. The van der Waals surface area contributed by atoms with Crippen molar-refractivity contribution in [3.8, 4) is 11.5 Å². The number of esters is 1. The maximum absolute atomic E-state index is 11.6. The van der Waals surface area contributed by atoms with E-state index < -0.39 is 5.54 Å². The molecule has 5 nitrogen and oxygen atoms in total. The molecule has 1 aromatic carbocycles. The first-order valence-corrected chi connectivity index (χ1v) is 7.31. The Bertz CT molecular complexity index is 428. The van der Waals surface area contributed by atoms with Crippen LogP contribution in [0.1, 0.15) is 33.6 Å². The summed E-state index contributed by atoms with van der Waals surface area (Å²) in [7, 11) is 0. The van der Waals surface area contributed by atoms with Gasteiger partial charge in [0.2, 0.25) is 0 Å². The fourth-order valence-corrected chi connectivity index (χ4v) is 1.83.